The molecule has 0 saturated carbocycles. The minimum Gasteiger partial charge on any atom is -0.493 e. The van der Waals surface area contributed by atoms with Crippen molar-refractivity contribution in [3.05, 3.63) is 28.8 Å². The van der Waals surface area contributed by atoms with Crippen LogP contribution in [0.4, 0.5) is 0 Å². The third kappa shape index (κ3) is 2.12. The fourth-order valence-corrected chi connectivity index (χ4v) is 1.89. The van der Waals surface area contributed by atoms with Gasteiger partial charge in [0.1, 0.15) is 5.75 Å². The van der Waals surface area contributed by atoms with Gasteiger partial charge in [-0.2, -0.15) is 0 Å². The van der Waals surface area contributed by atoms with Crippen LogP contribution in [-0.4, -0.2) is 17.7 Å². The number of hydrogen-bond acceptors (Lipinski definition) is 2. The summed E-state index contributed by atoms with van der Waals surface area (Å²) < 4.78 is 5.44. The van der Waals surface area contributed by atoms with Gasteiger partial charge in [-0.05, 0) is 36.1 Å². The van der Waals surface area contributed by atoms with Crippen LogP contribution in [0.15, 0.2) is 12.1 Å². The molecular weight excluding hydrogens is 192 g/mol. The van der Waals surface area contributed by atoms with Crippen LogP contribution in [0.5, 0.6) is 5.75 Å². The molecule has 15 heavy (non-hydrogen) atoms. The zero-order valence-electron chi connectivity index (χ0n) is 8.75. The molecule has 0 aliphatic carbocycles. The van der Waals surface area contributed by atoms with Crippen LogP contribution in [0, 0.1) is 6.92 Å². The molecule has 1 N–H and O–H groups in total. The maximum Gasteiger partial charge on any atom is 0.303 e. The third-order valence-electron chi connectivity index (χ3n) is 2.76. The van der Waals surface area contributed by atoms with E-state index in [0.717, 1.165) is 29.9 Å². The summed E-state index contributed by atoms with van der Waals surface area (Å²) in [6, 6.07) is 4.10. The van der Waals surface area contributed by atoms with Crippen LogP contribution in [0.2, 0.25) is 0 Å². The summed E-state index contributed by atoms with van der Waals surface area (Å²) in [5.74, 6) is 0.220. The van der Waals surface area contributed by atoms with E-state index in [2.05, 4.69) is 6.07 Å². The standard InChI is InChI=1S/C12H14O3/c1-8-6-11-10(4-5-15-11)7-9(8)2-3-12(13)14/h6-7H,2-5H2,1H3,(H,13,14). The number of fused-ring (bicyclic) bond motifs is 1. The van der Waals surface area contributed by atoms with Crippen molar-refractivity contribution in [2.45, 2.75) is 26.2 Å². The molecule has 2 rings (SSSR count). The van der Waals surface area contributed by atoms with Crippen molar-refractivity contribution in [2.24, 2.45) is 0 Å². The Balaban J connectivity index is 2.21. The molecule has 0 aromatic heterocycles. The lowest BCUT2D eigenvalue weighted by atomic mass is 9.99. The van der Waals surface area contributed by atoms with Gasteiger partial charge in [0.2, 0.25) is 0 Å². The van der Waals surface area contributed by atoms with Crippen molar-refractivity contribution in [1.82, 2.24) is 0 Å². The molecule has 0 bridgehead atoms. The second kappa shape index (κ2) is 3.93. The van der Waals surface area contributed by atoms with Crippen molar-refractivity contribution in [3.63, 3.8) is 0 Å². The summed E-state index contributed by atoms with van der Waals surface area (Å²) in [5, 5.41) is 8.63. The van der Waals surface area contributed by atoms with Gasteiger partial charge in [0, 0.05) is 12.8 Å². The first-order chi connectivity index (χ1) is 7.16. The van der Waals surface area contributed by atoms with Crippen LogP contribution in [0.25, 0.3) is 0 Å². The Kier molecular flexibility index (Phi) is 2.62. The Labute approximate surface area is 88.7 Å². The largest absolute Gasteiger partial charge is 0.493 e. The monoisotopic (exact) mass is 206 g/mol. The number of ether oxygens (including phenoxy) is 1. The smallest absolute Gasteiger partial charge is 0.303 e. The average molecular weight is 206 g/mol. The Morgan fingerprint density at radius 3 is 3.07 bits per heavy atom. The number of carbonyl (C=O) groups is 1. The molecule has 1 heterocycles. The number of hydrogen-bond donors (Lipinski definition) is 1. The highest BCUT2D eigenvalue weighted by molar-refractivity contribution is 5.67. The quantitative estimate of drug-likeness (QED) is 0.822. The SMILES string of the molecule is Cc1cc2c(cc1CCC(=O)O)CCO2. The highest BCUT2D eigenvalue weighted by atomic mass is 16.5. The summed E-state index contributed by atoms with van der Waals surface area (Å²) in [5.41, 5.74) is 3.46. The molecule has 1 aromatic carbocycles. The number of carboxylic acids is 1. The number of aryl methyl sites for hydroxylation is 2. The molecular formula is C12H14O3. The van der Waals surface area contributed by atoms with Crippen molar-refractivity contribution < 1.29 is 14.6 Å². The topological polar surface area (TPSA) is 46.5 Å². The average Bonchev–Trinajstić information content (AvgIpc) is 2.60. The van der Waals surface area contributed by atoms with Crippen LogP contribution < -0.4 is 4.74 Å². The minimum absolute atomic E-state index is 0.195. The Morgan fingerprint density at radius 1 is 1.53 bits per heavy atom. The van der Waals surface area contributed by atoms with Gasteiger partial charge in [-0.1, -0.05) is 6.07 Å². The Bertz CT molecular complexity index is 396. The lowest BCUT2D eigenvalue weighted by Crippen LogP contribution is -1.99. The van der Waals surface area contributed by atoms with Gasteiger partial charge >= 0.3 is 5.97 Å². The molecule has 0 unspecified atom stereocenters. The van der Waals surface area contributed by atoms with E-state index in [1.165, 1.54) is 5.56 Å². The second-order valence-electron chi connectivity index (χ2n) is 3.88. The Hall–Kier alpha value is -1.51. The van der Waals surface area contributed by atoms with Crippen molar-refractivity contribution >= 4 is 5.97 Å². The van der Waals surface area contributed by atoms with Gasteiger partial charge in [0.25, 0.3) is 0 Å². The van der Waals surface area contributed by atoms with Crippen molar-refractivity contribution in [1.29, 1.82) is 0 Å². The zero-order valence-corrected chi connectivity index (χ0v) is 8.75. The van der Waals surface area contributed by atoms with E-state index in [4.69, 9.17) is 9.84 Å². The minimum atomic E-state index is -0.744. The summed E-state index contributed by atoms with van der Waals surface area (Å²) in [4.78, 5) is 10.5. The highest BCUT2D eigenvalue weighted by Gasteiger charge is 2.14. The lowest BCUT2D eigenvalue weighted by molar-refractivity contribution is -0.136. The number of carboxylic acid groups (broad SMARTS) is 1. The van der Waals surface area contributed by atoms with E-state index in [-0.39, 0.29) is 6.42 Å². The van der Waals surface area contributed by atoms with Gasteiger partial charge in [-0.3, -0.25) is 4.79 Å². The maximum absolute atomic E-state index is 10.5. The van der Waals surface area contributed by atoms with Crippen LogP contribution in [0.1, 0.15) is 23.1 Å². The molecule has 3 nitrogen and oxygen atoms in total. The number of aliphatic carboxylic acids is 1. The number of benzene rings is 1. The normalized spacial score (nSPS) is 13.4. The molecule has 1 aromatic rings. The summed E-state index contributed by atoms with van der Waals surface area (Å²) >= 11 is 0. The van der Waals surface area contributed by atoms with E-state index < -0.39 is 5.97 Å². The molecule has 0 radical (unpaired) electrons. The van der Waals surface area contributed by atoms with Crippen molar-refractivity contribution in [2.75, 3.05) is 6.61 Å². The third-order valence-corrected chi connectivity index (χ3v) is 2.76. The fourth-order valence-electron chi connectivity index (χ4n) is 1.89. The fraction of sp³-hybridized carbons (Fsp3) is 0.417. The van der Waals surface area contributed by atoms with Crippen molar-refractivity contribution in [3.8, 4) is 5.75 Å². The molecule has 0 spiro atoms. The highest BCUT2D eigenvalue weighted by Crippen LogP contribution is 2.28. The molecule has 80 valence electrons. The van der Waals surface area contributed by atoms with Gasteiger partial charge in [-0.25, -0.2) is 0 Å². The summed E-state index contributed by atoms with van der Waals surface area (Å²) in [6.07, 6.45) is 1.74. The molecule has 3 heteroatoms. The molecule has 1 aliphatic rings. The molecule has 0 amide bonds. The maximum atomic E-state index is 10.5. The molecule has 1 aliphatic heterocycles. The second-order valence-corrected chi connectivity index (χ2v) is 3.88. The first-order valence-electron chi connectivity index (χ1n) is 5.14. The van der Waals surface area contributed by atoms with E-state index in [1.54, 1.807) is 0 Å². The summed E-state index contributed by atoms with van der Waals surface area (Å²) in [7, 11) is 0. The van der Waals surface area contributed by atoms with Gasteiger partial charge in [-0.15, -0.1) is 0 Å². The van der Waals surface area contributed by atoms with E-state index in [9.17, 15) is 4.79 Å². The van der Waals surface area contributed by atoms with Crippen LogP contribution >= 0.6 is 0 Å². The zero-order chi connectivity index (χ0) is 10.8. The predicted octanol–water partition coefficient (Wildman–Crippen LogP) is 1.95. The lowest BCUT2D eigenvalue weighted by Gasteiger charge is -2.07. The van der Waals surface area contributed by atoms with Crippen LogP contribution in [0.3, 0.4) is 0 Å². The van der Waals surface area contributed by atoms with E-state index >= 15 is 0 Å². The van der Waals surface area contributed by atoms with Gasteiger partial charge in [0.05, 0.1) is 6.61 Å². The first kappa shape index (κ1) is 10.0. The van der Waals surface area contributed by atoms with Gasteiger partial charge in [0.15, 0.2) is 0 Å². The summed E-state index contributed by atoms with van der Waals surface area (Å²) in [6.45, 7) is 2.75. The molecule has 0 fully saturated rings. The van der Waals surface area contributed by atoms with Gasteiger partial charge < -0.3 is 9.84 Å². The molecule has 0 atom stereocenters. The predicted molar refractivity (Wildman–Crippen MR) is 56.3 cm³/mol. The first-order valence-corrected chi connectivity index (χ1v) is 5.14. The van der Waals surface area contributed by atoms with E-state index in [1.807, 2.05) is 13.0 Å². The Morgan fingerprint density at radius 2 is 2.33 bits per heavy atom. The molecule has 0 saturated heterocycles. The van der Waals surface area contributed by atoms with E-state index in [0.29, 0.717) is 6.42 Å². The van der Waals surface area contributed by atoms with Crippen LogP contribution in [-0.2, 0) is 17.6 Å². The number of rotatable bonds is 3.